The van der Waals surface area contributed by atoms with Crippen molar-refractivity contribution in [1.29, 1.82) is 0 Å². The number of phenolic OH excluding ortho intramolecular Hbond substituents is 2. The minimum Gasteiger partial charge on any atom is -0.508 e. The van der Waals surface area contributed by atoms with Crippen LogP contribution in [-0.2, 0) is 78.4 Å². The molecule has 0 saturated carbocycles. The molecule has 1 aromatic heterocycles. The molecule has 0 saturated heterocycles. The van der Waals surface area contributed by atoms with Crippen molar-refractivity contribution in [2.24, 2.45) is 5.73 Å². The largest absolute Gasteiger partial charge is 0.508 e. The van der Waals surface area contributed by atoms with E-state index in [0.29, 0.717) is 16.8 Å². The number of aromatic hydroxyl groups is 2. The van der Waals surface area contributed by atoms with Crippen LogP contribution >= 0.6 is 11.8 Å². The molecule has 0 bridgehead atoms. The number of benzene rings is 3. The van der Waals surface area contributed by atoms with Gasteiger partial charge in [-0.25, -0.2) is 9.78 Å². The van der Waals surface area contributed by atoms with Gasteiger partial charge in [0.15, 0.2) is 0 Å². The first-order valence-corrected chi connectivity index (χ1v) is 27.7. The zero-order valence-corrected chi connectivity index (χ0v) is 46.9. The van der Waals surface area contributed by atoms with Crippen LogP contribution < -0.4 is 53.6 Å². The number of phenols is 2. The molecule has 1 heterocycles. The second-order valence-electron chi connectivity index (χ2n) is 19.3. The summed E-state index contributed by atoms with van der Waals surface area (Å²) in [6.45, 7) is -1.66. The molecule has 31 heteroatoms. The number of aliphatic hydroxyl groups excluding tert-OH is 3. The highest BCUT2D eigenvalue weighted by Gasteiger charge is 2.37. The number of nitrogens with two attached hydrogens (primary N) is 1. The number of aromatic nitrogens is 2. The van der Waals surface area contributed by atoms with E-state index in [1.165, 1.54) is 72.8 Å². The molecule has 0 aliphatic heterocycles. The molecular weight excluding hydrogens is 1140 g/mol. The lowest BCUT2D eigenvalue weighted by Crippen LogP contribution is -2.62. The summed E-state index contributed by atoms with van der Waals surface area (Å²) in [6, 6.07) is 3.46. The molecular formula is C54H70N12O18S. The first-order valence-electron chi connectivity index (χ1n) is 26.3. The zero-order chi connectivity index (χ0) is 62.8. The van der Waals surface area contributed by atoms with Crippen LogP contribution in [-0.4, -0.2) is 203 Å². The summed E-state index contributed by atoms with van der Waals surface area (Å²) in [7, 11) is 0. The van der Waals surface area contributed by atoms with Crippen LogP contribution in [0.1, 0.15) is 42.1 Å². The van der Waals surface area contributed by atoms with E-state index in [0.717, 1.165) is 6.92 Å². The Hall–Kier alpha value is -9.17. The van der Waals surface area contributed by atoms with Crippen molar-refractivity contribution in [3.63, 3.8) is 0 Å². The molecule has 4 aromatic rings. The van der Waals surface area contributed by atoms with Crippen molar-refractivity contribution in [1.82, 2.24) is 57.8 Å². The maximum absolute atomic E-state index is 14.1. The number of thioether (sulfide) groups is 1. The van der Waals surface area contributed by atoms with E-state index in [1.54, 1.807) is 36.6 Å². The van der Waals surface area contributed by atoms with E-state index in [1.807, 2.05) is 0 Å². The standard InChI is InChI=1S/C54H70N12O18S/c1-28(69)45(66-50(79)36(58-43(72)23-55)19-30-8-12-33(70)13-9-30)53(82)62-38(18-29-6-4-3-5-7-29)48(77)65-42(26-68)52(81)61-39(22-44(73)74)49(78)60-37(20-31-10-14-34(71)15-11-31)47(76)64-41(25-67)51(80)59-35(16-17-85-2)46(75)63-40(54(83)84)21-32-24-56-27-57-32/h3-15,24,27-28,35-42,45,67-71H,16-23,25-26,55H2,1-2H3,(H,56,57)(H,58,72)(H,59,80)(H,60,78)(H,61,81)(H,62,82)(H,63,75)(H,64,76)(H,65,77)(H,66,79)(H,73,74)(H,83,84)/t28-,35+,36+,37+,38+,39+,40+,41+,42+,45+/m1/s1. The van der Waals surface area contributed by atoms with Crippen LogP contribution in [0.3, 0.4) is 0 Å². The molecule has 0 aliphatic rings. The van der Waals surface area contributed by atoms with Gasteiger partial charge in [0.25, 0.3) is 0 Å². The second kappa shape index (κ2) is 34.4. The van der Waals surface area contributed by atoms with Gasteiger partial charge in [0, 0.05) is 37.6 Å². The predicted octanol–water partition coefficient (Wildman–Crippen LogP) is -4.91. The monoisotopic (exact) mass is 1210 g/mol. The Morgan fingerprint density at radius 2 is 0.941 bits per heavy atom. The fourth-order valence-electron chi connectivity index (χ4n) is 8.11. The summed E-state index contributed by atoms with van der Waals surface area (Å²) >= 11 is 1.29. The number of H-pyrrole nitrogens is 1. The summed E-state index contributed by atoms with van der Waals surface area (Å²) in [4.78, 5) is 154. The quantitative estimate of drug-likeness (QED) is 0.0205. The molecule has 85 heavy (non-hydrogen) atoms. The number of carbonyl (C=O) groups excluding carboxylic acids is 9. The van der Waals surface area contributed by atoms with Crippen molar-refractivity contribution >= 4 is 76.9 Å². The number of hydrogen-bond donors (Lipinski definition) is 18. The third kappa shape index (κ3) is 22.8. The summed E-state index contributed by atoms with van der Waals surface area (Å²) in [6.07, 6.45) is 0.396. The molecule has 0 unspecified atom stereocenters. The van der Waals surface area contributed by atoms with E-state index in [-0.39, 0.29) is 48.5 Å². The minimum absolute atomic E-state index is 0.0414. The van der Waals surface area contributed by atoms with Gasteiger partial charge < -0.3 is 94.3 Å². The van der Waals surface area contributed by atoms with E-state index < -0.39 is 158 Å². The number of carboxylic acid groups (broad SMARTS) is 2. The SMILES string of the molecule is CSCC[C@H](NC(=O)[C@H](CO)NC(=O)[C@H](Cc1ccc(O)cc1)NC(=O)[C@H](CC(=O)O)NC(=O)[C@H](CO)NC(=O)[C@H](Cc1ccccc1)NC(=O)[C@@H](NC(=O)[C@H](Cc1ccc(O)cc1)NC(=O)CN)[C@@H](C)O)C(=O)N[C@@H](Cc1cnc[nH]1)C(=O)O. The number of aliphatic carboxylic acids is 2. The summed E-state index contributed by atoms with van der Waals surface area (Å²) in [5, 5.41) is 91.9. The van der Waals surface area contributed by atoms with Crippen LogP contribution in [0, 0.1) is 0 Å². The third-order valence-corrected chi connectivity index (χ3v) is 13.3. The van der Waals surface area contributed by atoms with Crippen LogP contribution in [0.15, 0.2) is 91.4 Å². The molecule has 19 N–H and O–H groups in total. The molecule has 0 spiro atoms. The van der Waals surface area contributed by atoms with Crippen molar-refractivity contribution in [3.05, 3.63) is 114 Å². The van der Waals surface area contributed by atoms with Crippen LogP contribution in [0.5, 0.6) is 11.5 Å². The summed E-state index contributed by atoms with van der Waals surface area (Å²) in [5.41, 5.74) is 7.02. The average Bonchev–Trinajstić information content (AvgIpc) is 4.11. The molecule has 460 valence electrons. The van der Waals surface area contributed by atoms with Crippen LogP contribution in [0.25, 0.3) is 0 Å². The van der Waals surface area contributed by atoms with Gasteiger partial charge in [-0.2, -0.15) is 11.8 Å². The van der Waals surface area contributed by atoms with Gasteiger partial charge in [-0.1, -0.05) is 54.6 Å². The Bertz CT molecular complexity index is 2900. The van der Waals surface area contributed by atoms with E-state index in [2.05, 4.69) is 57.8 Å². The predicted molar refractivity (Wildman–Crippen MR) is 301 cm³/mol. The van der Waals surface area contributed by atoms with Gasteiger partial charge in [-0.3, -0.25) is 47.9 Å². The highest BCUT2D eigenvalue weighted by molar-refractivity contribution is 7.98. The molecule has 9 amide bonds. The fraction of sp³-hybridized carbons (Fsp3) is 0.407. The number of hydrogen-bond acceptors (Lipinski definition) is 19. The Morgan fingerprint density at radius 3 is 1.39 bits per heavy atom. The van der Waals surface area contributed by atoms with Gasteiger partial charge in [0.05, 0.1) is 38.6 Å². The van der Waals surface area contributed by atoms with Gasteiger partial charge in [0.2, 0.25) is 53.2 Å². The Balaban J connectivity index is 1.54. The van der Waals surface area contributed by atoms with Crippen molar-refractivity contribution < 1.29 is 88.5 Å². The summed E-state index contributed by atoms with van der Waals surface area (Å²) < 4.78 is 0. The Morgan fingerprint density at radius 1 is 0.529 bits per heavy atom. The Kier molecular flexibility index (Phi) is 27.7. The molecule has 3 aromatic carbocycles. The first-order chi connectivity index (χ1) is 40.4. The van der Waals surface area contributed by atoms with Gasteiger partial charge in [-0.05, 0) is 66.3 Å². The highest BCUT2D eigenvalue weighted by atomic mass is 32.2. The molecule has 30 nitrogen and oxygen atoms in total. The molecule has 10 atom stereocenters. The molecule has 0 radical (unpaired) electrons. The lowest BCUT2D eigenvalue weighted by molar-refractivity contribution is -0.142. The number of nitrogens with one attached hydrogen (secondary N) is 10. The lowest BCUT2D eigenvalue weighted by atomic mass is 10.0. The Labute approximate surface area is 490 Å². The number of aromatic amines is 1. The highest BCUT2D eigenvalue weighted by Crippen LogP contribution is 2.15. The second-order valence-corrected chi connectivity index (χ2v) is 20.3. The van der Waals surface area contributed by atoms with Crippen LogP contribution in [0.2, 0.25) is 0 Å². The topological polar surface area (TPSA) is 492 Å². The minimum atomic E-state index is -2.08. The number of imidazole rings is 1. The molecule has 0 fully saturated rings. The van der Waals surface area contributed by atoms with E-state index in [9.17, 15) is 88.5 Å². The molecule has 4 rings (SSSR count). The maximum Gasteiger partial charge on any atom is 0.326 e. The first kappa shape index (κ1) is 68.3. The lowest BCUT2D eigenvalue weighted by Gasteiger charge is -2.28. The maximum atomic E-state index is 14.1. The summed E-state index contributed by atoms with van der Waals surface area (Å²) in [5.74, 6) is -13.0. The fourth-order valence-corrected chi connectivity index (χ4v) is 8.59. The van der Waals surface area contributed by atoms with E-state index >= 15 is 0 Å². The van der Waals surface area contributed by atoms with Gasteiger partial charge in [-0.15, -0.1) is 0 Å². The van der Waals surface area contributed by atoms with E-state index in [4.69, 9.17) is 5.73 Å². The number of carboxylic acids is 2. The number of aliphatic hydroxyl groups is 3. The van der Waals surface area contributed by atoms with Crippen LogP contribution in [0.4, 0.5) is 0 Å². The smallest absolute Gasteiger partial charge is 0.326 e. The van der Waals surface area contributed by atoms with Crippen molar-refractivity contribution in [3.8, 4) is 11.5 Å². The average molecular weight is 1210 g/mol. The number of carbonyl (C=O) groups is 11. The normalized spacial score (nSPS) is 14.5. The van der Waals surface area contributed by atoms with Crippen molar-refractivity contribution in [2.45, 2.75) is 106 Å². The third-order valence-electron chi connectivity index (χ3n) is 12.7. The zero-order valence-electron chi connectivity index (χ0n) is 46.1. The molecule has 0 aliphatic carbocycles. The van der Waals surface area contributed by atoms with Gasteiger partial charge in [0.1, 0.15) is 65.9 Å². The van der Waals surface area contributed by atoms with Gasteiger partial charge >= 0.3 is 11.9 Å². The number of nitrogens with zero attached hydrogens (tertiary/aromatic N) is 1. The number of amides is 9. The van der Waals surface area contributed by atoms with Crippen molar-refractivity contribution in [2.75, 3.05) is 31.8 Å². The number of rotatable bonds is 35.